The second-order valence-electron chi connectivity index (χ2n) is 7.80. The molecular formula is C22H23N5O4. The Morgan fingerprint density at radius 3 is 2.65 bits per heavy atom. The summed E-state index contributed by atoms with van der Waals surface area (Å²) in [6.07, 6.45) is 7.09. The van der Waals surface area contributed by atoms with Crippen molar-refractivity contribution in [1.29, 1.82) is 0 Å². The van der Waals surface area contributed by atoms with E-state index in [9.17, 15) is 4.79 Å². The third-order valence-electron chi connectivity index (χ3n) is 5.69. The van der Waals surface area contributed by atoms with Crippen LogP contribution in [0.5, 0.6) is 0 Å². The first-order chi connectivity index (χ1) is 15.0. The molecule has 9 nitrogen and oxygen atoms in total. The molecule has 0 amide bonds. The van der Waals surface area contributed by atoms with Gasteiger partial charge in [-0.1, -0.05) is 12.1 Å². The largest absolute Gasteiger partial charge is 0.465 e. The average molecular weight is 421 g/mol. The van der Waals surface area contributed by atoms with Gasteiger partial charge in [0.2, 0.25) is 5.95 Å². The number of benzene rings is 1. The van der Waals surface area contributed by atoms with E-state index in [2.05, 4.69) is 20.4 Å². The van der Waals surface area contributed by atoms with Crippen LogP contribution in [-0.4, -0.2) is 51.8 Å². The highest BCUT2D eigenvalue weighted by atomic mass is 16.7. The molecule has 0 bridgehead atoms. The number of carbonyl (C=O) groups is 1. The quantitative estimate of drug-likeness (QED) is 0.627. The molecule has 0 atom stereocenters. The van der Waals surface area contributed by atoms with Gasteiger partial charge in [0.15, 0.2) is 5.79 Å². The molecule has 2 fully saturated rings. The minimum atomic E-state index is -0.400. The Kier molecular flexibility index (Phi) is 4.91. The molecule has 1 N–H and O–H groups in total. The number of esters is 1. The minimum Gasteiger partial charge on any atom is -0.465 e. The summed E-state index contributed by atoms with van der Waals surface area (Å²) < 4.78 is 18.1. The summed E-state index contributed by atoms with van der Waals surface area (Å²) in [6, 6.07) is 7.41. The molecular weight excluding hydrogens is 398 g/mol. The molecule has 1 saturated heterocycles. The fourth-order valence-electron chi connectivity index (χ4n) is 3.99. The number of methoxy groups -OCH3 is 1. The number of nitrogens with zero attached hydrogens (tertiary/aromatic N) is 4. The van der Waals surface area contributed by atoms with Gasteiger partial charge < -0.3 is 19.5 Å². The molecule has 3 aromatic rings. The maximum Gasteiger partial charge on any atom is 0.337 e. The molecule has 5 rings (SSSR count). The molecule has 1 aliphatic carbocycles. The number of hydrogen-bond donors (Lipinski definition) is 1. The molecule has 1 aromatic carbocycles. The van der Waals surface area contributed by atoms with Gasteiger partial charge in [0.05, 0.1) is 49.5 Å². The van der Waals surface area contributed by atoms with Crippen molar-refractivity contribution in [3.05, 3.63) is 54.0 Å². The van der Waals surface area contributed by atoms with Gasteiger partial charge in [0.1, 0.15) is 0 Å². The highest BCUT2D eigenvalue weighted by molar-refractivity contribution is 5.89. The van der Waals surface area contributed by atoms with Crippen molar-refractivity contribution in [2.24, 2.45) is 0 Å². The molecule has 0 radical (unpaired) electrons. The van der Waals surface area contributed by atoms with E-state index in [1.807, 2.05) is 29.9 Å². The Hall–Kier alpha value is -3.30. The van der Waals surface area contributed by atoms with Crippen LogP contribution in [0.15, 0.2) is 42.9 Å². The van der Waals surface area contributed by atoms with Gasteiger partial charge in [-0.2, -0.15) is 5.10 Å². The monoisotopic (exact) mass is 421 g/mol. The standard InChI is InChI=1S/C22H23N5O4/c1-14-11-23-21(26-19(14)15-3-5-16(6-4-15)20(28)29-2)25-17-12-24-27(13-17)18-9-22(10-18)30-7-8-31-22/h3-6,11-13,18H,7-10H2,1-2H3,(H,23,25,26). The third-order valence-corrected chi connectivity index (χ3v) is 5.69. The summed E-state index contributed by atoms with van der Waals surface area (Å²) in [5, 5.41) is 7.69. The summed E-state index contributed by atoms with van der Waals surface area (Å²) in [5.41, 5.74) is 3.92. The Balaban J connectivity index is 1.30. The first kappa shape index (κ1) is 19.7. The maximum absolute atomic E-state index is 11.7. The number of nitrogens with one attached hydrogen (secondary N) is 1. The van der Waals surface area contributed by atoms with Crippen LogP contribution in [0.4, 0.5) is 11.6 Å². The molecule has 0 unspecified atom stereocenters. The Morgan fingerprint density at radius 2 is 1.94 bits per heavy atom. The van der Waals surface area contributed by atoms with Gasteiger partial charge in [-0.05, 0) is 24.6 Å². The Bertz CT molecular complexity index is 1100. The molecule has 2 aromatic heterocycles. The summed E-state index contributed by atoms with van der Waals surface area (Å²) in [5.74, 6) is -0.290. The molecule has 31 heavy (non-hydrogen) atoms. The highest BCUT2D eigenvalue weighted by Gasteiger charge is 2.50. The summed E-state index contributed by atoms with van der Waals surface area (Å²) in [4.78, 5) is 20.7. The first-order valence-electron chi connectivity index (χ1n) is 10.2. The average Bonchev–Trinajstić information content (AvgIpc) is 3.43. The van der Waals surface area contributed by atoms with Crippen LogP contribution in [-0.2, 0) is 14.2 Å². The third kappa shape index (κ3) is 3.77. The van der Waals surface area contributed by atoms with Crippen molar-refractivity contribution in [1.82, 2.24) is 19.7 Å². The number of carbonyl (C=O) groups excluding carboxylic acids is 1. The second kappa shape index (κ2) is 7.75. The van der Waals surface area contributed by atoms with Crippen molar-refractivity contribution in [2.75, 3.05) is 25.6 Å². The molecule has 1 saturated carbocycles. The van der Waals surface area contributed by atoms with Crippen LogP contribution in [0.25, 0.3) is 11.3 Å². The number of anilines is 2. The number of aryl methyl sites for hydroxylation is 1. The lowest BCUT2D eigenvalue weighted by Crippen LogP contribution is -2.45. The van der Waals surface area contributed by atoms with Crippen LogP contribution < -0.4 is 5.32 Å². The Morgan fingerprint density at radius 1 is 1.19 bits per heavy atom. The van der Waals surface area contributed by atoms with Gasteiger partial charge in [0.25, 0.3) is 0 Å². The van der Waals surface area contributed by atoms with Gasteiger partial charge in [-0.15, -0.1) is 0 Å². The van der Waals surface area contributed by atoms with Crippen molar-refractivity contribution in [2.45, 2.75) is 31.6 Å². The number of rotatable bonds is 5. The molecule has 1 spiro atoms. The second-order valence-corrected chi connectivity index (χ2v) is 7.80. The predicted molar refractivity (Wildman–Crippen MR) is 112 cm³/mol. The normalized spacial score (nSPS) is 17.5. The summed E-state index contributed by atoms with van der Waals surface area (Å²) in [7, 11) is 1.37. The van der Waals surface area contributed by atoms with Crippen LogP contribution in [0.2, 0.25) is 0 Å². The molecule has 3 heterocycles. The zero-order valence-corrected chi connectivity index (χ0v) is 17.4. The van der Waals surface area contributed by atoms with E-state index in [1.165, 1.54) is 7.11 Å². The van der Waals surface area contributed by atoms with Crippen molar-refractivity contribution in [3.63, 3.8) is 0 Å². The molecule has 160 valence electrons. The van der Waals surface area contributed by atoms with Gasteiger partial charge in [0, 0.05) is 30.8 Å². The van der Waals surface area contributed by atoms with E-state index in [0.717, 1.165) is 35.3 Å². The Labute approximate surface area is 179 Å². The fourth-order valence-corrected chi connectivity index (χ4v) is 3.99. The summed E-state index contributed by atoms with van der Waals surface area (Å²) in [6.45, 7) is 3.28. The number of ether oxygens (including phenoxy) is 3. The zero-order valence-electron chi connectivity index (χ0n) is 17.4. The van der Waals surface area contributed by atoms with E-state index in [1.54, 1.807) is 24.5 Å². The lowest BCUT2D eigenvalue weighted by molar-refractivity contribution is -0.227. The van der Waals surface area contributed by atoms with E-state index in [4.69, 9.17) is 14.2 Å². The van der Waals surface area contributed by atoms with Crippen LogP contribution in [0.3, 0.4) is 0 Å². The minimum absolute atomic E-state index is 0.261. The molecule has 1 aliphatic heterocycles. The first-order valence-corrected chi connectivity index (χ1v) is 10.2. The zero-order chi connectivity index (χ0) is 21.4. The fraction of sp³-hybridized carbons (Fsp3) is 0.364. The maximum atomic E-state index is 11.7. The highest BCUT2D eigenvalue weighted by Crippen LogP contribution is 2.46. The van der Waals surface area contributed by atoms with Crippen LogP contribution in [0.1, 0.15) is 34.8 Å². The van der Waals surface area contributed by atoms with E-state index in [-0.39, 0.29) is 12.0 Å². The van der Waals surface area contributed by atoms with Gasteiger partial charge in [-0.3, -0.25) is 4.68 Å². The van der Waals surface area contributed by atoms with E-state index >= 15 is 0 Å². The predicted octanol–water partition coefficient (Wildman–Crippen LogP) is 3.26. The molecule has 2 aliphatic rings. The van der Waals surface area contributed by atoms with E-state index in [0.29, 0.717) is 24.7 Å². The summed E-state index contributed by atoms with van der Waals surface area (Å²) >= 11 is 0. The smallest absolute Gasteiger partial charge is 0.337 e. The van der Waals surface area contributed by atoms with Gasteiger partial charge in [-0.25, -0.2) is 14.8 Å². The SMILES string of the molecule is COC(=O)c1ccc(-c2nc(Nc3cnn(C4CC5(C4)OCCO5)c3)ncc2C)cc1. The van der Waals surface area contributed by atoms with Crippen LogP contribution >= 0.6 is 0 Å². The van der Waals surface area contributed by atoms with Crippen molar-refractivity contribution < 1.29 is 19.0 Å². The lowest BCUT2D eigenvalue weighted by Gasteiger charge is -2.42. The number of aromatic nitrogens is 4. The van der Waals surface area contributed by atoms with Crippen molar-refractivity contribution >= 4 is 17.6 Å². The van der Waals surface area contributed by atoms with Crippen LogP contribution in [0, 0.1) is 6.92 Å². The number of hydrogen-bond acceptors (Lipinski definition) is 8. The topological polar surface area (TPSA) is 100 Å². The van der Waals surface area contributed by atoms with E-state index < -0.39 is 5.79 Å². The molecule has 9 heteroatoms. The van der Waals surface area contributed by atoms with Gasteiger partial charge >= 0.3 is 5.97 Å². The lowest BCUT2D eigenvalue weighted by atomic mass is 9.85. The van der Waals surface area contributed by atoms with Crippen molar-refractivity contribution in [3.8, 4) is 11.3 Å².